The highest BCUT2D eigenvalue weighted by Crippen LogP contribution is 2.21. The fourth-order valence-electron chi connectivity index (χ4n) is 4.38. The van der Waals surface area contributed by atoms with E-state index in [1.54, 1.807) is 0 Å². The smallest absolute Gasteiger partial charge is 0.224 e. The van der Waals surface area contributed by atoms with E-state index in [2.05, 4.69) is 57.6 Å². The van der Waals surface area contributed by atoms with Crippen LogP contribution in [0.15, 0.2) is 72.8 Å². The van der Waals surface area contributed by atoms with E-state index >= 15 is 0 Å². The zero-order valence-corrected chi connectivity index (χ0v) is 20.1. The molecule has 0 radical (unpaired) electrons. The SMILES string of the molecule is Cc1ccc(C)c(C(=O)CCC(=O)Nc2ccc(N3CCN(Cc4ccccc4)CC3)cc2)c1. The van der Waals surface area contributed by atoms with Crippen molar-refractivity contribution >= 4 is 23.1 Å². The Kier molecular flexibility index (Phi) is 7.76. The van der Waals surface area contributed by atoms with Gasteiger partial charge in [-0.2, -0.15) is 0 Å². The molecular formula is C29H33N3O2. The number of rotatable bonds is 8. The fraction of sp³-hybridized carbons (Fsp3) is 0.310. The standard InChI is InChI=1S/C29H33N3O2/c1-22-8-9-23(2)27(20-22)28(33)14-15-29(34)30-25-10-12-26(13-11-25)32-18-16-31(17-19-32)21-24-6-4-3-5-7-24/h3-13,20H,14-19,21H2,1-2H3,(H,30,34). The summed E-state index contributed by atoms with van der Waals surface area (Å²) in [6.07, 6.45) is 0.388. The number of amides is 1. The molecule has 1 amide bonds. The third-order valence-electron chi connectivity index (χ3n) is 6.41. The number of aryl methyl sites for hydroxylation is 2. The maximum atomic E-state index is 12.5. The number of hydrogen-bond acceptors (Lipinski definition) is 4. The highest BCUT2D eigenvalue weighted by molar-refractivity contribution is 6.01. The molecule has 0 atom stereocenters. The highest BCUT2D eigenvalue weighted by atomic mass is 16.2. The van der Waals surface area contributed by atoms with Crippen molar-refractivity contribution < 1.29 is 9.59 Å². The fourth-order valence-corrected chi connectivity index (χ4v) is 4.38. The van der Waals surface area contributed by atoms with E-state index in [0.29, 0.717) is 5.56 Å². The van der Waals surface area contributed by atoms with Gasteiger partial charge in [0.1, 0.15) is 0 Å². The second-order valence-corrected chi connectivity index (χ2v) is 9.09. The topological polar surface area (TPSA) is 52.7 Å². The van der Waals surface area contributed by atoms with E-state index in [-0.39, 0.29) is 24.5 Å². The van der Waals surface area contributed by atoms with E-state index in [1.165, 1.54) is 11.3 Å². The van der Waals surface area contributed by atoms with Crippen LogP contribution >= 0.6 is 0 Å². The summed E-state index contributed by atoms with van der Waals surface area (Å²) >= 11 is 0. The van der Waals surface area contributed by atoms with Crippen molar-refractivity contribution in [2.24, 2.45) is 0 Å². The average Bonchev–Trinajstić information content (AvgIpc) is 2.86. The van der Waals surface area contributed by atoms with Gasteiger partial charge >= 0.3 is 0 Å². The van der Waals surface area contributed by atoms with Crippen LogP contribution in [0, 0.1) is 13.8 Å². The number of nitrogens with zero attached hydrogens (tertiary/aromatic N) is 2. The summed E-state index contributed by atoms with van der Waals surface area (Å²) in [5, 5.41) is 2.92. The molecule has 0 bridgehead atoms. The van der Waals surface area contributed by atoms with Crippen LogP contribution in [0.3, 0.4) is 0 Å². The van der Waals surface area contributed by atoms with Crippen LogP contribution in [-0.2, 0) is 11.3 Å². The first-order valence-corrected chi connectivity index (χ1v) is 12.0. The number of Topliss-reactive ketones (excluding diaryl/α,β-unsaturated/α-hetero) is 1. The minimum absolute atomic E-state index is 0.0121. The van der Waals surface area contributed by atoms with Gasteiger partial charge in [-0.15, -0.1) is 0 Å². The first-order valence-electron chi connectivity index (χ1n) is 12.0. The Hall–Kier alpha value is -3.44. The van der Waals surface area contributed by atoms with Crippen LogP contribution in [0.25, 0.3) is 0 Å². The molecular weight excluding hydrogens is 422 g/mol. The van der Waals surface area contributed by atoms with Crippen molar-refractivity contribution in [3.05, 3.63) is 95.1 Å². The first kappa shape index (κ1) is 23.7. The van der Waals surface area contributed by atoms with Crippen molar-refractivity contribution in [1.29, 1.82) is 0 Å². The molecule has 0 unspecified atom stereocenters. The Morgan fingerprint density at radius 3 is 2.24 bits per heavy atom. The molecule has 1 aliphatic heterocycles. The number of piperazine rings is 1. The van der Waals surface area contributed by atoms with Gasteiger partial charge in [-0.05, 0) is 55.3 Å². The Morgan fingerprint density at radius 2 is 1.53 bits per heavy atom. The first-order chi connectivity index (χ1) is 16.5. The molecule has 1 fully saturated rings. The van der Waals surface area contributed by atoms with Gasteiger partial charge in [-0.1, -0.05) is 48.0 Å². The normalized spacial score (nSPS) is 14.1. The molecule has 3 aromatic carbocycles. The molecule has 0 spiro atoms. The second kappa shape index (κ2) is 11.1. The van der Waals surface area contributed by atoms with Gasteiger partial charge in [-0.25, -0.2) is 0 Å². The third-order valence-corrected chi connectivity index (χ3v) is 6.41. The van der Waals surface area contributed by atoms with Gasteiger partial charge < -0.3 is 10.2 Å². The summed E-state index contributed by atoms with van der Waals surface area (Å²) in [6, 6.07) is 24.4. The number of ketones is 1. The summed E-state index contributed by atoms with van der Waals surface area (Å²) in [6.45, 7) is 8.92. The Bertz CT molecular complexity index is 1120. The zero-order valence-electron chi connectivity index (χ0n) is 20.1. The molecule has 1 saturated heterocycles. The second-order valence-electron chi connectivity index (χ2n) is 9.09. The van der Waals surface area contributed by atoms with Crippen LogP contribution in [0.1, 0.15) is 39.9 Å². The summed E-state index contributed by atoms with van der Waals surface area (Å²) in [4.78, 5) is 29.8. The molecule has 5 nitrogen and oxygen atoms in total. The Balaban J connectivity index is 1.23. The zero-order chi connectivity index (χ0) is 23.9. The molecule has 5 heteroatoms. The lowest BCUT2D eigenvalue weighted by Crippen LogP contribution is -2.45. The summed E-state index contributed by atoms with van der Waals surface area (Å²) in [5.74, 6) is -0.126. The molecule has 176 valence electrons. The van der Waals surface area contributed by atoms with Gasteiger partial charge in [0.2, 0.25) is 5.91 Å². The van der Waals surface area contributed by atoms with Crippen molar-refractivity contribution in [3.63, 3.8) is 0 Å². The van der Waals surface area contributed by atoms with Crippen LogP contribution < -0.4 is 10.2 Å². The van der Waals surface area contributed by atoms with Gasteiger partial charge in [0.15, 0.2) is 5.78 Å². The van der Waals surface area contributed by atoms with E-state index in [9.17, 15) is 9.59 Å². The van der Waals surface area contributed by atoms with Crippen LogP contribution in [0.2, 0.25) is 0 Å². The Morgan fingerprint density at radius 1 is 0.824 bits per heavy atom. The van der Waals surface area contributed by atoms with Gasteiger partial charge in [0.25, 0.3) is 0 Å². The number of hydrogen-bond donors (Lipinski definition) is 1. The largest absolute Gasteiger partial charge is 0.369 e. The maximum Gasteiger partial charge on any atom is 0.224 e. The Labute approximate surface area is 202 Å². The van der Waals surface area contributed by atoms with Gasteiger partial charge in [-0.3, -0.25) is 14.5 Å². The van der Waals surface area contributed by atoms with Crippen molar-refractivity contribution in [3.8, 4) is 0 Å². The minimum Gasteiger partial charge on any atom is -0.369 e. The third kappa shape index (κ3) is 6.33. The van der Waals surface area contributed by atoms with Crippen molar-refractivity contribution in [2.75, 3.05) is 36.4 Å². The van der Waals surface area contributed by atoms with E-state index in [0.717, 1.165) is 49.5 Å². The number of carbonyl (C=O) groups excluding carboxylic acids is 2. The quantitative estimate of drug-likeness (QED) is 0.473. The number of nitrogens with one attached hydrogen (secondary N) is 1. The number of carbonyl (C=O) groups is 2. The minimum atomic E-state index is -0.138. The van der Waals surface area contributed by atoms with Gasteiger partial charge in [0, 0.05) is 62.5 Å². The summed E-state index contributed by atoms with van der Waals surface area (Å²) < 4.78 is 0. The monoisotopic (exact) mass is 455 g/mol. The van der Waals surface area contributed by atoms with E-state index in [1.807, 2.05) is 44.2 Å². The van der Waals surface area contributed by atoms with Crippen LogP contribution in [0.5, 0.6) is 0 Å². The molecule has 0 aromatic heterocycles. The van der Waals surface area contributed by atoms with E-state index < -0.39 is 0 Å². The lowest BCUT2D eigenvalue weighted by atomic mass is 9.99. The number of anilines is 2. The predicted octanol–water partition coefficient (Wildman–Crippen LogP) is 5.23. The molecule has 4 rings (SSSR count). The van der Waals surface area contributed by atoms with E-state index in [4.69, 9.17) is 0 Å². The molecule has 1 aliphatic rings. The average molecular weight is 456 g/mol. The lowest BCUT2D eigenvalue weighted by molar-refractivity contribution is -0.116. The molecule has 34 heavy (non-hydrogen) atoms. The predicted molar refractivity (Wildman–Crippen MR) is 138 cm³/mol. The summed E-state index contributed by atoms with van der Waals surface area (Å²) in [7, 11) is 0. The molecule has 1 N–H and O–H groups in total. The van der Waals surface area contributed by atoms with Crippen LogP contribution in [0.4, 0.5) is 11.4 Å². The highest BCUT2D eigenvalue weighted by Gasteiger charge is 2.17. The van der Waals surface area contributed by atoms with Crippen molar-refractivity contribution in [2.45, 2.75) is 33.2 Å². The number of benzene rings is 3. The summed E-state index contributed by atoms with van der Waals surface area (Å²) in [5.41, 5.74) is 5.99. The van der Waals surface area contributed by atoms with Crippen LogP contribution in [-0.4, -0.2) is 42.8 Å². The molecule has 0 saturated carbocycles. The van der Waals surface area contributed by atoms with Gasteiger partial charge in [0.05, 0.1) is 0 Å². The molecule has 0 aliphatic carbocycles. The molecule has 3 aromatic rings. The molecule has 1 heterocycles. The maximum absolute atomic E-state index is 12.5. The lowest BCUT2D eigenvalue weighted by Gasteiger charge is -2.36. The van der Waals surface area contributed by atoms with Crippen molar-refractivity contribution in [1.82, 2.24) is 4.90 Å².